The van der Waals surface area contributed by atoms with Gasteiger partial charge in [0, 0.05) is 0 Å². The summed E-state index contributed by atoms with van der Waals surface area (Å²) in [5, 5.41) is 10.4. The molecule has 0 bridgehead atoms. The summed E-state index contributed by atoms with van der Waals surface area (Å²) in [4.78, 5) is 4.14. The van der Waals surface area contributed by atoms with Gasteiger partial charge in [-0.15, -0.1) is 0 Å². The first kappa shape index (κ1) is 11.7. The topological polar surface area (TPSA) is 37.5 Å². The van der Waals surface area contributed by atoms with Gasteiger partial charge in [-0.2, -0.15) is 0 Å². The van der Waals surface area contributed by atoms with Crippen molar-refractivity contribution in [2.45, 2.75) is 44.6 Å². The van der Waals surface area contributed by atoms with E-state index in [0.29, 0.717) is 5.92 Å². The van der Waals surface area contributed by atoms with Crippen LogP contribution in [0.5, 0.6) is 0 Å². The van der Waals surface area contributed by atoms with Crippen LogP contribution >= 0.6 is 0 Å². The van der Waals surface area contributed by atoms with E-state index in [2.05, 4.69) is 4.98 Å². The zero-order chi connectivity index (χ0) is 12.4. The van der Waals surface area contributed by atoms with Crippen molar-refractivity contribution in [3.8, 4) is 0 Å². The highest BCUT2D eigenvalue weighted by Crippen LogP contribution is 2.31. The summed E-state index contributed by atoms with van der Waals surface area (Å²) in [5.74, 6) is 0.688. The molecular weight excluding hydrogens is 224 g/mol. The molecule has 3 rings (SSSR count). The van der Waals surface area contributed by atoms with Crippen molar-refractivity contribution in [1.82, 2.24) is 9.38 Å². The Morgan fingerprint density at radius 3 is 2.94 bits per heavy atom. The average molecular weight is 244 g/mol. The average Bonchev–Trinajstić information content (AvgIpc) is 2.87. The number of imidazole rings is 1. The highest BCUT2D eigenvalue weighted by molar-refractivity contribution is 5.46. The molecule has 2 aromatic rings. The molecule has 1 unspecified atom stereocenters. The van der Waals surface area contributed by atoms with E-state index in [1.54, 1.807) is 6.33 Å². The van der Waals surface area contributed by atoms with Crippen molar-refractivity contribution in [2.24, 2.45) is 5.92 Å². The Morgan fingerprint density at radius 2 is 2.11 bits per heavy atom. The summed E-state index contributed by atoms with van der Waals surface area (Å²) in [6.45, 7) is 0. The molecular formula is C15H20N2O. The third-order valence-corrected chi connectivity index (χ3v) is 4.10. The van der Waals surface area contributed by atoms with Crippen LogP contribution in [0.4, 0.5) is 0 Å². The van der Waals surface area contributed by atoms with Gasteiger partial charge in [-0.1, -0.05) is 38.2 Å². The molecule has 2 heterocycles. The van der Waals surface area contributed by atoms with Gasteiger partial charge in [-0.05, 0) is 24.5 Å². The molecule has 18 heavy (non-hydrogen) atoms. The van der Waals surface area contributed by atoms with Crippen molar-refractivity contribution in [3.63, 3.8) is 0 Å². The van der Waals surface area contributed by atoms with Crippen molar-refractivity contribution in [1.29, 1.82) is 0 Å². The number of hydrogen-bond acceptors (Lipinski definition) is 2. The van der Waals surface area contributed by atoms with Crippen LogP contribution in [-0.2, 0) is 0 Å². The molecule has 0 spiro atoms. The van der Waals surface area contributed by atoms with E-state index in [0.717, 1.165) is 17.6 Å². The Hall–Kier alpha value is -1.35. The molecule has 0 aromatic carbocycles. The fourth-order valence-corrected chi connectivity index (χ4v) is 3.10. The second kappa shape index (κ2) is 5.11. The SMILES string of the molecule is OC(CC1CCCCC1)c1cccc2cncn12. The molecule has 3 nitrogen and oxygen atoms in total. The van der Waals surface area contributed by atoms with Gasteiger partial charge in [0.15, 0.2) is 0 Å². The summed E-state index contributed by atoms with van der Waals surface area (Å²) in [5.41, 5.74) is 2.02. The van der Waals surface area contributed by atoms with Crippen LogP contribution in [0, 0.1) is 5.92 Å². The van der Waals surface area contributed by atoms with Gasteiger partial charge >= 0.3 is 0 Å². The number of nitrogens with zero attached hydrogens (tertiary/aromatic N) is 2. The molecule has 1 aliphatic rings. The van der Waals surface area contributed by atoms with Gasteiger partial charge in [0.1, 0.15) is 0 Å². The third kappa shape index (κ3) is 2.27. The first-order chi connectivity index (χ1) is 8.84. The minimum absolute atomic E-state index is 0.369. The van der Waals surface area contributed by atoms with E-state index in [1.165, 1.54) is 32.1 Å². The summed E-state index contributed by atoms with van der Waals surface area (Å²) < 4.78 is 1.99. The first-order valence-electron chi connectivity index (χ1n) is 6.93. The van der Waals surface area contributed by atoms with E-state index in [9.17, 15) is 5.11 Å². The van der Waals surface area contributed by atoms with Crippen LogP contribution in [0.3, 0.4) is 0 Å². The number of rotatable bonds is 3. The summed E-state index contributed by atoms with van der Waals surface area (Å²) >= 11 is 0. The Labute approximate surface area is 107 Å². The Kier molecular flexibility index (Phi) is 3.33. The maximum Gasteiger partial charge on any atom is 0.0995 e. The molecule has 3 heteroatoms. The zero-order valence-corrected chi connectivity index (χ0v) is 10.6. The van der Waals surface area contributed by atoms with Crippen molar-refractivity contribution >= 4 is 5.52 Å². The van der Waals surface area contributed by atoms with Gasteiger partial charge in [0.2, 0.25) is 0 Å². The van der Waals surface area contributed by atoms with Gasteiger partial charge in [-0.25, -0.2) is 4.98 Å². The molecule has 1 fully saturated rings. The predicted octanol–water partition coefficient (Wildman–Crippen LogP) is 3.34. The smallest absolute Gasteiger partial charge is 0.0995 e. The van der Waals surface area contributed by atoms with Crippen molar-refractivity contribution in [2.75, 3.05) is 0 Å². The van der Waals surface area contributed by atoms with Crippen LogP contribution in [0.1, 0.15) is 50.3 Å². The lowest BCUT2D eigenvalue weighted by Gasteiger charge is -2.24. The number of fused-ring (bicyclic) bond motifs is 1. The Balaban J connectivity index is 1.78. The molecule has 0 aliphatic heterocycles. The van der Waals surface area contributed by atoms with Crippen LogP contribution in [0.15, 0.2) is 30.7 Å². The first-order valence-corrected chi connectivity index (χ1v) is 6.93. The summed E-state index contributed by atoms with van der Waals surface area (Å²) in [6, 6.07) is 6.02. The fraction of sp³-hybridized carbons (Fsp3) is 0.533. The maximum absolute atomic E-state index is 10.4. The monoisotopic (exact) mass is 244 g/mol. The lowest BCUT2D eigenvalue weighted by Crippen LogP contribution is -2.13. The van der Waals surface area contributed by atoms with E-state index in [4.69, 9.17) is 0 Å². The van der Waals surface area contributed by atoms with Crippen molar-refractivity contribution in [3.05, 3.63) is 36.4 Å². The highest BCUT2D eigenvalue weighted by atomic mass is 16.3. The second-order valence-electron chi connectivity index (χ2n) is 5.39. The lowest BCUT2D eigenvalue weighted by atomic mass is 9.85. The number of hydrogen-bond donors (Lipinski definition) is 1. The van der Waals surface area contributed by atoms with Crippen molar-refractivity contribution < 1.29 is 5.11 Å². The second-order valence-corrected chi connectivity index (χ2v) is 5.39. The molecule has 1 N–H and O–H groups in total. The number of aliphatic hydroxyl groups is 1. The largest absolute Gasteiger partial charge is 0.387 e. The summed E-state index contributed by atoms with van der Waals surface area (Å²) in [6.07, 6.45) is 10.7. The van der Waals surface area contributed by atoms with E-state index in [-0.39, 0.29) is 6.10 Å². The van der Waals surface area contributed by atoms with E-state index >= 15 is 0 Å². The number of aromatic nitrogens is 2. The van der Waals surface area contributed by atoms with Gasteiger partial charge in [0.25, 0.3) is 0 Å². The summed E-state index contributed by atoms with van der Waals surface area (Å²) in [7, 11) is 0. The fourth-order valence-electron chi connectivity index (χ4n) is 3.10. The maximum atomic E-state index is 10.4. The van der Waals surface area contributed by atoms with Crippen LogP contribution < -0.4 is 0 Å². The number of aliphatic hydroxyl groups excluding tert-OH is 1. The van der Waals surface area contributed by atoms with Gasteiger partial charge in [0.05, 0.1) is 29.8 Å². The third-order valence-electron chi connectivity index (χ3n) is 4.10. The van der Waals surface area contributed by atoms with Crippen LogP contribution in [0.2, 0.25) is 0 Å². The minimum atomic E-state index is -0.369. The van der Waals surface area contributed by atoms with Crippen LogP contribution in [-0.4, -0.2) is 14.5 Å². The standard InChI is InChI=1S/C15H20N2O/c18-15(9-12-5-2-1-3-6-12)14-8-4-7-13-10-16-11-17(13)14/h4,7-8,10-12,15,18H,1-3,5-6,9H2. The molecule has 0 saturated heterocycles. The quantitative estimate of drug-likeness (QED) is 0.899. The molecule has 1 saturated carbocycles. The predicted molar refractivity (Wildman–Crippen MR) is 71.3 cm³/mol. The van der Waals surface area contributed by atoms with Gasteiger partial charge in [-0.3, -0.25) is 0 Å². The minimum Gasteiger partial charge on any atom is -0.387 e. The number of pyridine rings is 1. The molecule has 96 valence electrons. The molecule has 1 aliphatic carbocycles. The van der Waals surface area contributed by atoms with E-state index in [1.807, 2.05) is 28.8 Å². The zero-order valence-electron chi connectivity index (χ0n) is 10.6. The van der Waals surface area contributed by atoms with E-state index < -0.39 is 0 Å². The highest BCUT2D eigenvalue weighted by Gasteiger charge is 2.19. The molecule has 2 aromatic heterocycles. The molecule has 0 amide bonds. The molecule has 0 radical (unpaired) electrons. The van der Waals surface area contributed by atoms with Gasteiger partial charge < -0.3 is 9.51 Å². The Morgan fingerprint density at radius 1 is 1.28 bits per heavy atom. The van der Waals surface area contributed by atoms with Crippen LogP contribution in [0.25, 0.3) is 5.52 Å². The molecule has 1 atom stereocenters. The lowest BCUT2D eigenvalue weighted by molar-refractivity contribution is 0.126. The normalized spacial score (nSPS) is 19.2. The Bertz CT molecular complexity index is 514.